The van der Waals surface area contributed by atoms with Gasteiger partial charge in [0.15, 0.2) is 0 Å². The van der Waals surface area contributed by atoms with Crippen LogP contribution in [0.5, 0.6) is 0 Å². The third kappa shape index (κ3) is 2.57. The number of nitrogens with zero attached hydrogens (tertiary/aromatic N) is 5. The Morgan fingerprint density at radius 3 is 2.88 bits per heavy atom. The molecule has 4 heterocycles. The summed E-state index contributed by atoms with van der Waals surface area (Å²) in [6, 6.07) is 3.55. The van der Waals surface area contributed by atoms with E-state index < -0.39 is 6.04 Å². The minimum absolute atomic E-state index is 0.103. The van der Waals surface area contributed by atoms with Gasteiger partial charge in [-0.15, -0.1) is 0 Å². The molecule has 1 aliphatic carbocycles. The lowest BCUT2D eigenvalue weighted by Crippen LogP contribution is -2.42. The number of carbonyl (C=O) groups is 1. The fourth-order valence-corrected chi connectivity index (χ4v) is 4.51. The number of likely N-dealkylation sites (tertiary alicyclic amines) is 1. The lowest BCUT2D eigenvalue weighted by molar-refractivity contribution is -0.135. The van der Waals surface area contributed by atoms with Gasteiger partial charge in [-0.3, -0.25) is 9.36 Å². The summed E-state index contributed by atoms with van der Waals surface area (Å²) in [7, 11) is 0. The number of piperidine rings is 1. The standard InChI is InChI=1S/C18H20ClN5O2/c19-15-5-4-11(9-20-15)10-23-18(26)24-13(2-1-3-16(24)21-23)17(25)22-7-6-12-8-14(12)22/h4-5,9,12-14H,1-3,6-8,10H2/t12?,13-,14?/m0/s1. The van der Waals surface area contributed by atoms with Crippen molar-refractivity contribution in [2.75, 3.05) is 6.54 Å². The molecule has 2 fully saturated rings. The fraction of sp³-hybridized carbons (Fsp3) is 0.556. The van der Waals surface area contributed by atoms with Crippen LogP contribution >= 0.6 is 11.6 Å². The Kier molecular flexibility index (Phi) is 3.67. The number of hydrogen-bond donors (Lipinski definition) is 0. The molecule has 7 nitrogen and oxygen atoms in total. The molecule has 0 bridgehead atoms. The van der Waals surface area contributed by atoms with Crippen LogP contribution in [0.1, 0.15) is 43.1 Å². The topological polar surface area (TPSA) is 73.0 Å². The van der Waals surface area contributed by atoms with Crippen molar-refractivity contribution in [3.05, 3.63) is 45.4 Å². The number of halogens is 1. The summed E-state index contributed by atoms with van der Waals surface area (Å²) < 4.78 is 3.07. The van der Waals surface area contributed by atoms with E-state index in [0.29, 0.717) is 35.9 Å². The summed E-state index contributed by atoms with van der Waals surface area (Å²) in [5, 5.41) is 4.91. The number of aryl methyl sites for hydroxylation is 1. The fourth-order valence-electron chi connectivity index (χ4n) is 4.40. The number of aromatic nitrogens is 4. The van der Waals surface area contributed by atoms with Crippen LogP contribution in [0.15, 0.2) is 23.1 Å². The number of carbonyl (C=O) groups excluding carboxylic acids is 1. The van der Waals surface area contributed by atoms with Gasteiger partial charge in [0.2, 0.25) is 5.91 Å². The van der Waals surface area contributed by atoms with Crippen LogP contribution in [0.4, 0.5) is 0 Å². The Labute approximate surface area is 155 Å². The maximum atomic E-state index is 13.1. The van der Waals surface area contributed by atoms with Gasteiger partial charge >= 0.3 is 5.69 Å². The molecule has 0 aromatic carbocycles. The Morgan fingerprint density at radius 2 is 2.19 bits per heavy atom. The molecule has 8 heteroatoms. The SMILES string of the molecule is O=C([C@@H]1CCCc2nn(Cc3ccc(Cl)nc3)c(=O)n21)N1CCC2CC21. The van der Waals surface area contributed by atoms with Crippen molar-refractivity contribution in [3.8, 4) is 0 Å². The van der Waals surface area contributed by atoms with E-state index in [1.807, 2.05) is 11.0 Å². The Bertz CT molecular complexity index is 919. The Hall–Kier alpha value is -2.15. The predicted octanol–water partition coefficient (Wildman–Crippen LogP) is 1.64. The second-order valence-electron chi connectivity index (χ2n) is 7.51. The van der Waals surface area contributed by atoms with Crippen molar-refractivity contribution in [2.45, 2.75) is 50.7 Å². The minimum atomic E-state index is -0.400. The van der Waals surface area contributed by atoms with E-state index in [4.69, 9.17) is 11.6 Å². The van der Waals surface area contributed by atoms with Gasteiger partial charge in [-0.25, -0.2) is 14.5 Å². The molecule has 136 valence electrons. The van der Waals surface area contributed by atoms with Crippen LogP contribution in [0, 0.1) is 5.92 Å². The van der Waals surface area contributed by atoms with E-state index in [9.17, 15) is 9.59 Å². The van der Waals surface area contributed by atoms with Crippen molar-refractivity contribution >= 4 is 17.5 Å². The molecule has 0 radical (unpaired) electrons. The van der Waals surface area contributed by atoms with Crippen LogP contribution < -0.4 is 5.69 Å². The van der Waals surface area contributed by atoms with Crippen LogP contribution in [0.3, 0.4) is 0 Å². The first-order chi connectivity index (χ1) is 12.6. The van der Waals surface area contributed by atoms with Gasteiger partial charge < -0.3 is 4.90 Å². The highest BCUT2D eigenvalue weighted by molar-refractivity contribution is 6.29. The molecular formula is C18H20ClN5O2. The Balaban J connectivity index is 1.44. The lowest BCUT2D eigenvalue weighted by Gasteiger charge is -2.28. The number of amides is 1. The van der Waals surface area contributed by atoms with Crippen LogP contribution in [0.2, 0.25) is 5.15 Å². The highest BCUT2D eigenvalue weighted by Gasteiger charge is 2.50. The predicted molar refractivity (Wildman–Crippen MR) is 95.0 cm³/mol. The molecule has 3 aliphatic rings. The van der Waals surface area contributed by atoms with E-state index in [2.05, 4.69) is 10.1 Å². The van der Waals surface area contributed by atoms with E-state index in [1.54, 1.807) is 16.8 Å². The average molecular weight is 374 g/mol. The molecule has 26 heavy (non-hydrogen) atoms. The van der Waals surface area contributed by atoms with E-state index >= 15 is 0 Å². The van der Waals surface area contributed by atoms with Crippen molar-refractivity contribution in [1.29, 1.82) is 0 Å². The van der Waals surface area contributed by atoms with Gasteiger partial charge in [0.05, 0.1) is 6.54 Å². The third-order valence-corrected chi connectivity index (χ3v) is 6.07. The lowest BCUT2D eigenvalue weighted by atomic mass is 10.0. The molecular weight excluding hydrogens is 354 g/mol. The van der Waals surface area contributed by atoms with Crippen molar-refractivity contribution in [2.24, 2.45) is 5.92 Å². The first kappa shape index (κ1) is 16.1. The highest BCUT2D eigenvalue weighted by atomic mass is 35.5. The molecule has 2 aliphatic heterocycles. The summed E-state index contributed by atoms with van der Waals surface area (Å²) in [4.78, 5) is 32.1. The number of pyridine rings is 1. The van der Waals surface area contributed by atoms with E-state index in [0.717, 1.165) is 37.8 Å². The van der Waals surface area contributed by atoms with Crippen LogP contribution in [-0.2, 0) is 17.8 Å². The van der Waals surface area contributed by atoms with Crippen molar-refractivity contribution < 1.29 is 4.79 Å². The summed E-state index contributed by atoms with van der Waals surface area (Å²) in [6.45, 7) is 1.16. The van der Waals surface area contributed by atoms with Crippen molar-refractivity contribution in [1.82, 2.24) is 24.2 Å². The summed E-state index contributed by atoms with van der Waals surface area (Å²) >= 11 is 5.82. The zero-order valence-corrected chi connectivity index (χ0v) is 15.1. The molecule has 3 atom stereocenters. The number of rotatable bonds is 3. The van der Waals surface area contributed by atoms with E-state index in [1.165, 1.54) is 4.68 Å². The van der Waals surface area contributed by atoms with Gasteiger partial charge in [0.1, 0.15) is 17.0 Å². The van der Waals surface area contributed by atoms with Gasteiger partial charge in [-0.1, -0.05) is 17.7 Å². The molecule has 2 aromatic heterocycles. The van der Waals surface area contributed by atoms with Crippen molar-refractivity contribution in [3.63, 3.8) is 0 Å². The van der Waals surface area contributed by atoms with Gasteiger partial charge in [0, 0.05) is 25.2 Å². The molecule has 0 spiro atoms. The van der Waals surface area contributed by atoms with Crippen LogP contribution in [0.25, 0.3) is 0 Å². The first-order valence-corrected chi connectivity index (χ1v) is 9.59. The van der Waals surface area contributed by atoms with Gasteiger partial charge in [0.25, 0.3) is 0 Å². The molecule has 1 amide bonds. The summed E-state index contributed by atoms with van der Waals surface area (Å²) in [5.41, 5.74) is 0.648. The maximum Gasteiger partial charge on any atom is 0.346 e. The molecule has 0 N–H and O–H groups in total. The molecule has 1 saturated carbocycles. The number of hydrogen-bond acceptors (Lipinski definition) is 4. The second kappa shape index (κ2) is 5.94. The summed E-state index contributed by atoms with van der Waals surface area (Å²) in [6.07, 6.45) is 6.21. The number of fused-ring (bicyclic) bond motifs is 2. The smallest absolute Gasteiger partial charge is 0.338 e. The third-order valence-electron chi connectivity index (χ3n) is 5.85. The summed E-state index contributed by atoms with van der Waals surface area (Å²) in [5.74, 6) is 1.51. The van der Waals surface area contributed by atoms with Gasteiger partial charge in [-0.2, -0.15) is 5.10 Å². The highest BCUT2D eigenvalue weighted by Crippen LogP contribution is 2.45. The second-order valence-corrected chi connectivity index (χ2v) is 7.89. The first-order valence-electron chi connectivity index (χ1n) is 9.21. The molecule has 1 saturated heterocycles. The quantitative estimate of drug-likeness (QED) is 0.767. The van der Waals surface area contributed by atoms with Gasteiger partial charge in [-0.05, 0) is 43.2 Å². The largest absolute Gasteiger partial charge is 0.346 e. The molecule has 2 aromatic rings. The van der Waals surface area contributed by atoms with E-state index in [-0.39, 0.29) is 11.6 Å². The average Bonchev–Trinajstić information content (AvgIpc) is 3.19. The Morgan fingerprint density at radius 1 is 1.31 bits per heavy atom. The minimum Gasteiger partial charge on any atom is -0.338 e. The molecule has 2 unspecified atom stereocenters. The molecule has 5 rings (SSSR count). The normalized spacial score (nSPS) is 26.5. The maximum absolute atomic E-state index is 13.1. The zero-order valence-electron chi connectivity index (χ0n) is 14.3. The monoisotopic (exact) mass is 373 g/mol. The zero-order chi connectivity index (χ0) is 17.8. The van der Waals surface area contributed by atoms with Crippen LogP contribution in [-0.4, -0.2) is 42.7 Å².